The molecule has 0 bridgehead atoms. The quantitative estimate of drug-likeness (QED) is 0.463. The molecule has 5 nitrogen and oxygen atoms in total. The van der Waals surface area contributed by atoms with Crippen LogP contribution in [0.25, 0.3) is 0 Å². The first kappa shape index (κ1) is 11.0. The molecule has 0 saturated heterocycles. The number of benzene rings is 1. The van der Waals surface area contributed by atoms with Crippen LogP contribution < -0.4 is 16.4 Å². The van der Waals surface area contributed by atoms with Crippen molar-refractivity contribution in [2.45, 2.75) is 0 Å². The SMILES string of the molecule is CN(C(=N)N=C(N)N)c1ccccc1F. The van der Waals surface area contributed by atoms with Crippen LogP contribution in [0.15, 0.2) is 29.3 Å². The molecular formula is C9H12FN5. The van der Waals surface area contributed by atoms with E-state index in [0.717, 1.165) is 0 Å². The number of guanidine groups is 2. The van der Waals surface area contributed by atoms with Crippen LogP contribution in [0, 0.1) is 11.2 Å². The van der Waals surface area contributed by atoms with Crippen molar-refractivity contribution in [2.24, 2.45) is 16.5 Å². The largest absolute Gasteiger partial charge is 0.370 e. The molecule has 1 rings (SSSR count). The number of rotatable bonds is 1. The monoisotopic (exact) mass is 209 g/mol. The number of nitrogens with two attached hydrogens (primary N) is 2. The summed E-state index contributed by atoms with van der Waals surface area (Å²) in [6, 6.07) is 6.06. The van der Waals surface area contributed by atoms with Gasteiger partial charge in [-0.3, -0.25) is 5.41 Å². The van der Waals surface area contributed by atoms with Crippen molar-refractivity contribution in [1.82, 2.24) is 0 Å². The van der Waals surface area contributed by atoms with E-state index in [2.05, 4.69) is 4.99 Å². The van der Waals surface area contributed by atoms with Crippen molar-refractivity contribution in [3.63, 3.8) is 0 Å². The molecule has 0 spiro atoms. The zero-order valence-electron chi connectivity index (χ0n) is 8.24. The van der Waals surface area contributed by atoms with Gasteiger partial charge in [-0.15, -0.1) is 0 Å². The van der Waals surface area contributed by atoms with Crippen LogP contribution in [-0.4, -0.2) is 19.0 Å². The Morgan fingerprint density at radius 2 is 2.00 bits per heavy atom. The molecule has 15 heavy (non-hydrogen) atoms. The molecule has 0 aliphatic rings. The van der Waals surface area contributed by atoms with Gasteiger partial charge in [0.05, 0.1) is 5.69 Å². The zero-order chi connectivity index (χ0) is 11.4. The Bertz CT molecular complexity index is 397. The fraction of sp³-hybridized carbons (Fsp3) is 0.111. The second-order valence-electron chi connectivity index (χ2n) is 2.87. The number of anilines is 1. The van der Waals surface area contributed by atoms with Crippen molar-refractivity contribution in [3.8, 4) is 0 Å². The van der Waals surface area contributed by atoms with Gasteiger partial charge in [-0.05, 0) is 12.1 Å². The number of halogens is 1. The first-order chi connectivity index (χ1) is 7.02. The van der Waals surface area contributed by atoms with E-state index in [-0.39, 0.29) is 17.6 Å². The van der Waals surface area contributed by atoms with E-state index in [1.54, 1.807) is 12.1 Å². The zero-order valence-corrected chi connectivity index (χ0v) is 8.24. The number of hydrogen-bond donors (Lipinski definition) is 3. The molecule has 1 aromatic carbocycles. The second kappa shape index (κ2) is 4.41. The van der Waals surface area contributed by atoms with E-state index in [1.807, 2.05) is 0 Å². The highest BCUT2D eigenvalue weighted by atomic mass is 19.1. The molecule has 6 heteroatoms. The van der Waals surface area contributed by atoms with E-state index < -0.39 is 5.82 Å². The molecular weight excluding hydrogens is 197 g/mol. The summed E-state index contributed by atoms with van der Waals surface area (Å²) in [6.07, 6.45) is 0. The van der Waals surface area contributed by atoms with Crippen molar-refractivity contribution >= 4 is 17.6 Å². The summed E-state index contributed by atoms with van der Waals surface area (Å²) in [5, 5.41) is 7.47. The Labute approximate surface area is 86.7 Å². The number of nitrogens with one attached hydrogen (secondary N) is 1. The lowest BCUT2D eigenvalue weighted by Crippen LogP contribution is -2.30. The first-order valence-electron chi connectivity index (χ1n) is 4.19. The third-order valence-corrected chi connectivity index (χ3v) is 1.77. The average molecular weight is 209 g/mol. The van der Waals surface area contributed by atoms with Crippen LogP contribution in [0.3, 0.4) is 0 Å². The van der Waals surface area contributed by atoms with Gasteiger partial charge < -0.3 is 16.4 Å². The smallest absolute Gasteiger partial charge is 0.225 e. The molecule has 80 valence electrons. The summed E-state index contributed by atoms with van der Waals surface area (Å²) in [5.74, 6) is -0.890. The molecule has 5 N–H and O–H groups in total. The van der Waals surface area contributed by atoms with Crippen LogP contribution in [0.5, 0.6) is 0 Å². The summed E-state index contributed by atoms with van der Waals surface area (Å²) in [7, 11) is 1.51. The Hall–Kier alpha value is -2.11. The molecule has 1 aromatic rings. The van der Waals surface area contributed by atoms with Crippen molar-refractivity contribution in [1.29, 1.82) is 5.41 Å². The molecule has 0 aromatic heterocycles. The summed E-state index contributed by atoms with van der Waals surface area (Å²) in [4.78, 5) is 4.75. The summed E-state index contributed by atoms with van der Waals surface area (Å²) >= 11 is 0. The number of para-hydroxylation sites is 1. The highest BCUT2D eigenvalue weighted by Gasteiger charge is 2.10. The number of hydrogen-bond acceptors (Lipinski definition) is 1. The third kappa shape index (κ3) is 2.67. The van der Waals surface area contributed by atoms with Crippen LogP contribution in [-0.2, 0) is 0 Å². The van der Waals surface area contributed by atoms with Gasteiger partial charge in [-0.1, -0.05) is 12.1 Å². The molecule has 0 fully saturated rings. The predicted molar refractivity (Wildman–Crippen MR) is 58.3 cm³/mol. The average Bonchev–Trinajstić information content (AvgIpc) is 2.16. The topological polar surface area (TPSA) is 91.5 Å². The molecule has 0 aliphatic carbocycles. The lowest BCUT2D eigenvalue weighted by atomic mass is 10.3. The van der Waals surface area contributed by atoms with Gasteiger partial charge in [0.1, 0.15) is 5.82 Å². The van der Waals surface area contributed by atoms with Crippen LogP contribution in [0.1, 0.15) is 0 Å². The first-order valence-corrected chi connectivity index (χ1v) is 4.19. The maximum atomic E-state index is 13.3. The summed E-state index contributed by atoms with van der Waals surface area (Å²) in [5.41, 5.74) is 10.5. The molecule has 0 heterocycles. The Morgan fingerprint density at radius 3 is 2.53 bits per heavy atom. The van der Waals surface area contributed by atoms with Gasteiger partial charge in [-0.2, -0.15) is 4.99 Å². The standard InChI is InChI=1S/C9H12FN5/c1-15(9(13)14-8(11)12)7-5-3-2-4-6(7)10/h2-5H,1H3,(H5,11,12,13,14). The minimum absolute atomic E-state index is 0.222. The fourth-order valence-electron chi connectivity index (χ4n) is 1.04. The third-order valence-electron chi connectivity index (χ3n) is 1.77. The molecule has 0 unspecified atom stereocenters. The minimum Gasteiger partial charge on any atom is -0.370 e. The predicted octanol–water partition coefficient (Wildman–Crippen LogP) is 0.470. The van der Waals surface area contributed by atoms with E-state index in [9.17, 15) is 4.39 Å². The Kier molecular flexibility index (Phi) is 3.22. The lowest BCUT2D eigenvalue weighted by Gasteiger charge is -2.17. The van der Waals surface area contributed by atoms with Gasteiger partial charge in [0, 0.05) is 7.05 Å². The lowest BCUT2D eigenvalue weighted by molar-refractivity contribution is 0.628. The highest BCUT2D eigenvalue weighted by Crippen LogP contribution is 2.17. The van der Waals surface area contributed by atoms with Crippen LogP contribution in [0.2, 0.25) is 0 Å². The van der Waals surface area contributed by atoms with Gasteiger partial charge in [0.2, 0.25) is 5.96 Å². The van der Waals surface area contributed by atoms with Gasteiger partial charge in [0.25, 0.3) is 0 Å². The minimum atomic E-state index is -0.435. The van der Waals surface area contributed by atoms with Crippen molar-refractivity contribution in [3.05, 3.63) is 30.1 Å². The molecule has 0 amide bonds. The van der Waals surface area contributed by atoms with Gasteiger partial charge in [-0.25, -0.2) is 4.39 Å². The molecule has 0 aliphatic heterocycles. The highest BCUT2D eigenvalue weighted by molar-refractivity contribution is 6.00. The molecule has 0 radical (unpaired) electrons. The Balaban J connectivity index is 2.95. The van der Waals surface area contributed by atoms with Gasteiger partial charge >= 0.3 is 0 Å². The van der Waals surface area contributed by atoms with Crippen molar-refractivity contribution in [2.75, 3.05) is 11.9 Å². The summed E-state index contributed by atoms with van der Waals surface area (Å²) in [6.45, 7) is 0. The van der Waals surface area contributed by atoms with Crippen LogP contribution in [0.4, 0.5) is 10.1 Å². The van der Waals surface area contributed by atoms with Gasteiger partial charge in [0.15, 0.2) is 5.96 Å². The van der Waals surface area contributed by atoms with E-state index in [1.165, 1.54) is 24.1 Å². The van der Waals surface area contributed by atoms with E-state index in [0.29, 0.717) is 0 Å². The van der Waals surface area contributed by atoms with E-state index in [4.69, 9.17) is 16.9 Å². The second-order valence-corrected chi connectivity index (χ2v) is 2.87. The number of nitrogens with zero attached hydrogens (tertiary/aromatic N) is 2. The molecule has 0 atom stereocenters. The maximum absolute atomic E-state index is 13.3. The normalized spacial score (nSPS) is 9.47. The maximum Gasteiger partial charge on any atom is 0.225 e. The van der Waals surface area contributed by atoms with Crippen LogP contribution >= 0.6 is 0 Å². The fourth-order valence-corrected chi connectivity index (χ4v) is 1.04. The van der Waals surface area contributed by atoms with Crippen molar-refractivity contribution < 1.29 is 4.39 Å². The summed E-state index contributed by atoms with van der Waals surface area (Å²) < 4.78 is 13.3. The van der Waals surface area contributed by atoms with E-state index >= 15 is 0 Å². The number of aliphatic imine (C=N–C) groups is 1. The molecule has 0 saturated carbocycles. The Morgan fingerprint density at radius 1 is 1.40 bits per heavy atom.